The minimum Gasteiger partial charge on any atom is -0.352 e. The summed E-state index contributed by atoms with van der Waals surface area (Å²) in [5.74, 6) is -0.744. The molecule has 1 N–H and O–H groups in total. The Kier molecular flexibility index (Phi) is 10.7. The third-order valence-electron chi connectivity index (χ3n) is 7.31. The first-order valence-corrected chi connectivity index (χ1v) is 16.1. The zero-order valence-corrected chi connectivity index (χ0v) is 25.3. The molecular formula is C31H35Cl2N3O4S. The second kappa shape index (κ2) is 14.2. The molecule has 0 spiro atoms. The summed E-state index contributed by atoms with van der Waals surface area (Å²) in [5.41, 5.74) is 1.02. The van der Waals surface area contributed by atoms with Crippen molar-refractivity contribution < 1.29 is 18.0 Å². The van der Waals surface area contributed by atoms with Gasteiger partial charge in [-0.05, 0) is 67.3 Å². The maximum atomic E-state index is 14.1. The van der Waals surface area contributed by atoms with Gasteiger partial charge in [-0.1, -0.05) is 85.8 Å². The van der Waals surface area contributed by atoms with E-state index >= 15 is 0 Å². The number of amides is 2. The maximum absolute atomic E-state index is 14.1. The molecule has 41 heavy (non-hydrogen) atoms. The van der Waals surface area contributed by atoms with Crippen molar-refractivity contribution >= 4 is 50.7 Å². The zero-order chi connectivity index (χ0) is 29.4. The van der Waals surface area contributed by atoms with Gasteiger partial charge in [0.15, 0.2) is 0 Å². The normalized spacial score (nSPS) is 14.7. The van der Waals surface area contributed by atoms with E-state index in [-0.39, 0.29) is 29.1 Å². The number of nitrogens with one attached hydrogen (secondary N) is 1. The van der Waals surface area contributed by atoms with E-state index < -0.39 is 28.5 Å². The van der Waals surface area contributed by atoms with Gasteiger partial charge >= 0.3 is 0 Å². The Balaban J connectivity index is 1.69. The van der Waals surface area contributed by atoms with E-state index in [0.717, 1.165) is 42.0 Å². The maximum Gasteiger partial charge on any atom is 0.264 e. The van der Waals surface area contributed by atoms with Crippen LogP contribution in [0.1, 0.15) is 51.0 Å². The Hall–Kier alpha value is -3.07. The molecule has 3 aromatic carbocycles. The fourth-order valence-corrected chi connectivity index (χ4v) is 6.87. The molecular weight excluding hydrogens is 581 g/mol. The third-order valence-corrected chi connectivity index (χ3v) is 9.59. The first-order chi connectivity index (χ1) is 19.7. The molecule has 0 saturated heterocycles. The van der Waals surface area contributed by atoms with Crippen molar-refractivity contribution in [3.05, 3.63) is 94.5 Å². The number of benzene rings is 3. The van der Waals surface area contributed by atoms with E-state index in [4.69, 9.17) is 23.2 Å². The number of rotatable bonds is 11. The summed E-state index contributed by atoms with van der Waals surface area (Å²) in [7, 11) is -4.14. The molecule has 0 bridgehead atoms. The van der Waals surface area contributed by atoms with Crippen LogP contribution in [0.2, 0.25) is 10.0 Å². The average molecular weight is 617 g/mol. The highest BCUT2D eigenvalue weighted by Crippen LogP contribution is 2.27. The number of carbonyl (C=O) groups is 2. The Morgan fingerprint density at radius 1 is 0.902 bits per heavy atom. The largest absolute Gasteiger partial charge is 0.352 e. The highest BCUT2D eigenvalue weighted by Gasteiger charge is 2.34. The number of nitrogens with zero attached hydrogens (tertiary/aromatic N) is 2. The summed E-state index contributed by atoms with van der Waals surface area (Å²) in [6.45, 7) is 1.45. The second-order valence-corrected chi connectivity index (χ2v) is 13.0. The molecule has 0 unspecified atom stereocenters. The van der Waals surface area contributed by atoms with Crippen LogP contribution < -0.4 is 9.62 Å². The van der Waals surface area contributed by atoms with Crippen LogP contribution in [-0.4, -0.2) is 43.8 Å². The third kappa shape index (κ3) is 8.03. The fourth-order valence-electron chi connectivity index (χ4n) is 5.13. The molecule has 1 saturated carbocycles. The Bertz CT molecular complexity index is 1430. The minimum absolute atomic E-state index is 0.0408. The monoisotopic (exact) mass is 615 g/mol. The smallest absolute Gasteiger partial charge is 0.264 e. The lowest BCUT2D eigenvalue weighted by Gasteiger charge is -2.34. The van der Waals surface area contributed by atoms with Gasteiger partial charge in [-0.25, -0.2) is 8.42 Å². The Morgan fingerprint density at radius 2 is 1.59 bits per heavy atom. The van der Waals surface area contributed by atoms with Crippen LogP contribution in [-0.2, 0) is 26.2 Å². The van der Waals surface area contributed by atoms with E-state index in [1.807, 2.05) is 6.92 Å². The predicted octanol–water partition coefficient (Wildman–Crippen LogP) is 6.45. The SMILES string of the molecule is CC[C@H](C(=O)NC1CCCCC1)N(Cc1ccc(Cl)cc1)C(=O)CN(c1cccc(Cl)c1)S(=O)(=O)c1ccccc1. The van der Waals surface area contributed by atoms with Crippen molar-refractivity contribution in [2.75, 3.05) is 10.8 Å². The first-order valence-electron chi connectivity index (χ1n) is 13.9. The quantitative estimate of drug-likeness (QED) is 0.269. The molecule has 1 fully saturated rings. The lowest BCUT2D eigenvalue weighted by molar-refractivity contribution is -0.140. The molecule has 1 atom stereocenters. The van der Waals surface area contributed by atoms with Crippen molar-refractivity contribution in [1.82, 2.24) is 10.2 Å². The topological polar surface area (TPSA) is 86.8 Å². The number of carbonyl (C=O) groups excluding carboxylic acids is 2. The van der Waals surface area contributed by atoms with Crippen molar-refractivity contribution in [3.8, 4) is 0 Å². The van der Waals surface area contributed by atoms with Crippen LogP contribution in [0.3, 0.4) is 0 Å². The van der Waals surface area contributed by atoms with Crippen LogP contribution in [0.25, 0.3) is 0 Å². The number of hydrogen-bond acceptors (Lipinski definition) is 4. The van der Waals surface area contributed by atoms with Gasteiger partial charge in [0, 0.05) is 22.6 Å². The number of anilines is 1. The molecule has 218 valence electrons. The summed E-state index contributed by atoms with van der Waals surface area (Å²) in [6, 6.07) is 20.6. The molecule has 10 heteroatoms. The van der Waals surface area contributed by atoms with Crippen LogP contribution in [0.4, 0.5) is 5.69 Å². The van der Waals surface area contributed by atoms with Gasteiger partial charge in [-0.2, -0.15) is 0 Å². The average Bonchev–Trinajstić information content (AvgIpc) is 2.97. The van der Waals surface area contributed by atoms with Gasteiger partial charge < -0.3 is 10.2 Å². The number of halogens is 2. The molecule has 2 amide bonds. The molecule has 3 aromatic rings. The Morgan fingerprint density at radius 3 is 2.22 bits per heavy atom. The Labute approximate surface area is 252 Å². The van der Waals surface area contributed by atoms with Gasteiger partial charge in [0.05, 0.1) is 10.6 Å². The molecule has 4 rings (SSSR count). The van der Waals surface area contributed by atoms with Crippen LogP contribution in [0, 0.1) is 0 Å². The molecule has 0 heterocycles. The van der Waals surface area contributed by atoms with E-state index in [9.17, 15) is 18.0 Å². The summed E-state index contributed by atoms with van der Waals surface area (Å²) >= 11 is 12.3. The molecule has 7 nitrogen and oxygen atoms in total. The second-order valence-electron chi connectivity index (χ2n) is 10.2. The summed E-state index contributed by atoms with van der Waals surface area (Å²) in [6.07, 6.45) is 5.44. The summed E-state index contributed by atoms with van der Waals surface area (Å²) < 4.78 is 28.8. The van der Waals surface area contributed by atoms with E-state index in [0.29, 0.717) is 16.5 Å². The molecule has 0 radical (unpaired) electrons. The van der Waals surface area contributed by atoms with Crippen LogP contribution >= 0.6 is 23.2 Å². The van der Waals surface area contributed by atoms with Crippen molar-refractivity contribution in [1.29, 1.82) is 0 Å². The highest BCUT2D eigenvalue weighted by molar-refractivity contribution is 7.92. The standard InChI is InChI=1S/C31H35Cl2N3O4S/c1-2-29(31(38)34-26-11-5-3-6-12-26)35(21-23-16-18-24(32)19-17-23)30(37)22-36(27-13-9-10-25(33)20-27)41(39,40)28-14-7-4-8-15-28/h4,7-10,13-20,26,29H,2-3,5-6,11-12,21-22H2,1H3,(H,34,38)/t29-/m1/s1. The fraction of sp³-hybridized carbons (Fsp3) is 0.355. The van der Waals surface area contributed by atoms with Gasteiger partial charge in [0.25, 0.3) is 10.0 Å². The lowest BCUT2D eigenvalue weighted by Crippen LogP contribution is -2.54. The minimum atomic E-state index is -4.14. The van der Waals surface area contributed by atoms with Gasteiger partial charge in [0.1, 0.15) is 12.6 Å². The highest BCUT2D eigenvalue weighted by atomic mass is 35.5. The zero-order valence-electron chi connectivity index (χ0n) is 23.0. The summed E-state index contributed by atoms with van der Waals surface area (Å²) in [4.78, 5) is 29.2. The van der Waals surface area contributed by atoms with Gasteiger partial charge in [0.2, 0.25) is 11.8 Å². The van der Waals surface area contributed by atoms with E-state index in [1.165, 1.54) is 23.1 Å². The summed E-state index contributed by atoms with van der Waals surface area (Å²) in [5, 5.41) is 4.03. The van der Waals surface area contributed by atoms with Crippen molar-refractivity contribution in [2.24, 2.45) is 0 Å². The van der Waals surface area contributed by atoms with Gasteiger partial charge in [-0.3, -0.25) is 13.9 Å². The predicted molar refractivity (Wildman–Crippen MR) is 164 cm³/mol. The van der Waals surface area contributed by atoms with Gasteiger partial charge in [-0.15, -0.1) is 0 Å². The van der Waals surface area contributed by atoms with E-state index in [2.05, 4.69) is 5.32 Å². The lowest BCUT2D eigenvalue weighted by atomic mass is 9.95. The molecule has 1 aliphatic rings. The van der Waals surface area contributed by atoms with E-state index in [1.54, 1.807) is 60.7 Å². The number of hydrogen-bond donors (Lipinski definition) is 1. The molecule has 0 aliphatic heterocycles. The first kappa shape index (κ1) is 30.9. The molecule has 1 aliphatic carbocycles. The molecule has 0 aromatic heterocycles. The van der Waals surface area contributed by atoms with Crippen LogP contribution in [0.5, 0.6) is 0 Å². The van der Waals surface area contributed by atoms with Crippen molar-refractivity contribution in [3.63, 3.8) is 0 Å². The van der Waals surface area contributed by atoms with Crippen LogP contribution in [0.15, 0.2) is 83.8 Å². The number of sulfonamides is 1. The van der Waals surface area contributed by atoms with Crippen molar-refractivity contribution in [2.45, 2.75) is 69.0 Å².